The lowest BCUT2D eigenvalue weighted by molar-refractivity contribution is -0.0168. The van der Waals surface area contributed by atoms with Crippen molar-refractivity contribution in [3.63, 3.8) is 0 Å². The molecule has 0 amide bonds. The second kappa shape index (κ2) is 4.91. The fraction of sp³-hybridized carbons (Fsp3) is 1.00. The smallest absolute Gasteiger partial charge is 0.393 e. The van der Waals surface area contributed by atoms with Crippen molar-refractivity contribution in [2.75, 3.05) is 13.2 Å². The number of rotatable bonds is 1. The van der Waals surface area contributed by atoms with Crippen molar-refractivity contribution in [2.24, 2.45) is 0 Å². The third-order valence-electron chi connectivity index (χ3n) is 1.89. The topological polar surface area (TPSA) is 123 Å². The van der Waals surface area contributed by atoms with Crippen LogP contribution in [0, 0.1) is 0 Å². The molecule has 0 aromatic carbocycles. The minimum absolute atomic E-state index is 0.259. The summed E-state index contributed by atoms with van der Waals surface area (Å²) in [7, 11) is -9.37. The Morgan fingerprint density at radius 3 is 2.50 bits per heavy atom. The molecule has 0 radical (unpaired) electrons. The quantitative estimate of drug-likeness (QED) is 0.343. The van der Waals surface area contributed by atoms with Crippen LogP contribution in [0.25, 0.3) is 0 Å². The van der Waals surface area contributed by atoms with Crippen LogP contribution in [0.3, 0.4) is 0 Å². The minimum atomic E-state index is -4.76. The monoisotopic (exact) mass is 388 g/mol. The van der Waals surface area contributed by atoms with Gasteiger partial charge in [0.15, 0.2) is 0 Å². The molecule has 1 fully saturated rings. The average Bonchev–Trinajstić information content (AvgIpc) is 2.10. The molecule has 2 unspecified atom stereocenters. The van der Waals surface area contributed by atoms with Gasteiger partial charge in [0, 0.05) is 0 Å². The molecule has 3 N–H and O–H groups in total. The summed E-state index contributed by atoms with van der Waals surface area (Å²) in [5.74, 6) is 0. The maximum Gasteiger partial charge on any atom is 0.481 e. The van der Waals surface area contributed by atoms with E-state index in [1.165, 1.54) is 6.92 Å². The molecule has 8 nitrogen and oxygen atoms in total. The molecule has 1 aliphatic heterocycles. The average molecular weight is 388 g/mol. The van der Waals surface area contributed by atoms with E-state index in [4.69, 9.17) is 10.00 Å². The van der Waals surface area contributed by atoms with Gasteiger partial charge in [-0.15, -0.1) is 0 Å². The van der Waals surface area contributed by atoms with Crippen LogP contribution in [0.4, 0.5) is 0 Å². The second-order valence-electron chi connectivity index (χ2n) is 3.34. The molecule has 1 rings (SSSR count). The highest BCUT2D eigenvalue weighted by atomic mass is 127. The number of hydrogen-bond donors (Lipinski definition) is 3. The van der Waals surface area contributed by atoms with Crippen LogP contribution in [-0.2, 0) is 22.5 Å². The van der Waals surface area contributed by atoms with E-state index >= 15 is 0 Å². The fourth-order valence-corrected chi connectivity index (χ4v) is 4.36. The van der Waals surface area contributed by atoms with Gasteiger partial charge >= 0.3 is 15.6 Å². The van der Waals surface area contributed by atoms with Crippen molar-refractivity contribution < 1.29 is 37.4 Å². The van der Waals surface area contributed by atoms with E-state index in [2.05, 4.69) is 13.4 Å². The Bertz CT molecular complexity index is 360. The normalized spacial score (nSPS) is 50.7. The van der Waals surface area contributed by atoms with Gasteiger partial charge in [-0.1, -0.05) is 22.6 Å². The van der Waals surface area contributed by atoms with Gasteiger partial charge in [0.2, 0.25) is 0 Å². The molecular formula is C5H11IO8P2. The lowest BCUT2D eigenvalue weighted by atomic mass is 10.1. The summed E-state index contributed by atoms with van der Waals surface area (Å²) in [5.41, 5.74) is -1.40. The molecular weight excluding hydrogens is 377 g/mol. The standard InChI is InChI=1S/C5H11IO8P2/c1-5(3-7)4(6)2-12-15(8,9)14-16(10,11)13-5/h4,7H,2-3H2,1H3,(H,8,9)(H,10,11)/t4-,5+/m1/s1. The van der Waals surface area contributed by atoms with Crippen molar-refractivity contribution in [1.82, 2.24) is 0 Å². The van der Waals surface area contributed by atoms with Crippen LogP contribution in [0.15, 0.2) is 0 Å². The largest absolute Gasteiger partial charge is 0.481 e. The minimum Gasteiger partial charge on any atom is -0.393 e. The molecule has 96 valence electrons. The third-order valence-corrected chi connectivity index (χ3v) is 6.34. The Balaban J connectivity index is 3.01. The zero-order valence-electron chi connectivity index (χ0n) is 8.15. The van der Waals surface area contributed by atoms with Gasteiger partial charge in [-0.25, -0.2) is 9.13 Å². The van der Waals surface area contributed by atoms with Gasteiger partial charge in [0.25, 0.3) is 0 Å². The predicted octanol–water partition coefficient (Wildman–Crippen LogP) is 0.805. The number of aliphatic hydroxyl groups is 1. The van der Waals surface area contributed by atoms with Crippen LogP contribution in [0.5, 0.6) is 0 Å². The van der Waals surface area contributed by atoms with E-state index in [1.54, 1.807) is 22.6 Å². The maximum atomic E-state index is 11.3. The lowest BCUT2D eigenvalue weighted by Crippen LogP contribution is -2.44. The van der Waals surface area contributed by atoms with E-state index in [9.17, 15) is 14.0 Å². The van der Waals surface area contributed by atoms with Crippen LogP contribution in [0.2, 0.25) is 0 Å². The summed E-state index contributed by atoms with van der Waals surface area (Å²) in [5, 5.41) is 9.10. The zero-order valence-corrected chi connectivity index (χ0v) is 12.1. The molecule has 0 bridgehead atoms. The number of phosphoric acid groups is 2. The molecule has 1 saturated heterocycles. The summed E-state index contributed by atoms with van der Waals surface area (Å²) in [4.78, 5) is 18.2. The number of alkyl halides is 1. The summed E-state index contributed by atoms with van der Waals surface area (Å²) in [6, 6.07) is 0. The first kappa shape index (κ1) is 15.0. The maximum absolute atomic E-state index is 11.3. The van der Waals surface area contributed by atoms with Gasteiger partial charge in [0.1, 0.15) is 5.60 Å². The van der Waals surface area contributed by atoms with Gasteiger partial charge in [-0.2, -0.15) is 4.31 Å². The Morgan fingerprint density at radius 1 is 1.44 bits per heavy atom. The summed E-state index contributed by atoms with van der Waals surface area (Å²) >= 11 is 1.78. The third kappa shape index (κ3) is 3.72. The molecule has 0 aromatic heterocycles. The van der Waals surface area contributed by atoms with E-state index < -0.39 is 31.8 Å². The molecule has 11 heteroatoms. The van der Waals surface area contributed by atoms with Gasteiger partial charge in [-0.3, -0.25) is 9.05 Å². The van der Waals surface area contributed by atoms with E-state index in [-0.39, 0.29) is 6.61 Å². The number of phosphoric ester groups is 2. The second-order valence-corrected chi connectivity index (χ2v) is 7.82. The number of halogens is 1. The van der Waals surface area contributed by atoms with Crippen molar-refractivity contribution in [3.8, 4) is 0 Å². The molecule has 1 heterocycles. The van der Waals surface area contributed by atoms with Gasteiger partial charge in [0.05, 0.1) is 17.1 Å². The summed E-state index contributed by atoms with van der Waals surface area (Å²) in [6.45, 7) is 0.548. The van der Waals surface area contributed by atoms with Crippen LogP contribution < -0.4 is 0 Å². The highest BCUT2D eigenvalue weighted by Crippen LogP contribution is 2.63. The highest BCUT2D eigenvalue weighted by Gasteiger charge is 2.48. The van der Waals surface area contributed by atoms with Gasteiger partial charge < -0.3 is 14.9 Å². The number of hydrogen-bond acceptors (Lipinski definition) is 6. The summed E-state index contributed by atoms with van der Waals surface area (Å²) in [6.07, 6.45) is 0. The molecule has 0 spiro atoms. The Labute approximate surface area is 105 Å². The number of aliphatic hydroxyl groups excluding tert-OH is 1. The van der Waals surface area contributed by atoms with Crippen LogP contribution in [0.1, 0.15) is 6.92 Å². The van der Waals surface area contributed by atoms with Crippen molar-refractivity contribution in [1.29, 1.82) is 0 Å². The molecule has 1 aliphatic rings. The first-order valence-corrected chi connectivity index (χ1v) is 8.31. The van der Waals surface area contributed by atoms with Crippen LogP contribution in [-0.4, -0.2) is 37.6 Å². The van der Waals surface area contributed by atoms with Crippen molar-refractivity contribution in [2.45, 2.75) is 16.4 Å². The Hall–Kier alpha value is 0.950. The first-order valence-electron chi connectivity index (χ1n) is 4.07. The predicted molar refractivity (Wildman–Crippen MR) is 61.1 cm³/mol. The first-order chi connectivity index (χ1) is 7.10. The van der Waals surface area contributed by atoms with E-state index in [0.29, 0.717) is 0 Å². The molecule has 0 saturated carbocycles. The van der Waals surface area contributed by atoms with Gasteiger partial charge in [-0.05, 0) is 6.92 Å². The zero-order chi connectivity index (χ0) is 12.6. The van der Waals surface area contributed by atoms with E-state index in [0.717, 1.165) is 0 Å². The Morgan fingerprint density at radius 2 is 2.00 bits per heavy atom. The fourth-order valence-electron chi connectivity index (χ4n) is 0.955. The highest BCUT2D eigenvalue weighted by molar-refractivity contribution is 14.1. The van der Waals surface area contributed by atoms with Crippen LogP contribution >= 0.6 is 38.2 Å². The molecule has 0 aromatic rings. The molecule has 16 heavy (non-hydrogen) atoms. The summed E-state index contributed by atoms with van der Waals surface area (Å²) < 4.78 is 35.0. The van der Waals surface area contributed by atoms with E-state index in [1.807, 2.05) is 0 Å². The Kier molecular flexibility index (Phi) is 4.60. The SMILES string of the molecule is C[C@@]1(CO)OP(=O)(O)OP(=O)(O)OC[C@H]1I. The lowest BCUT2D eigenvalue weighted by Gasteiger charge is -2.35. The molecule has 4 atom stereocenters. The van der Waals surface area contributed by atoms with Crippen molar-refractivity contribution >= 4 is 38.2 Å². The molecule has 0 aliphatic carbocycles. The van der Waals surface area contributed by atoms with Crippen molar-refractivity contribution in [3.05, 3.63) is 0 Å².